The molecule has 1 aliphatic rings. The SMILES string of the molecule is NCC1CCCCC1NC(=O)c1ccc(O)c(O)c1. The summed E-state index contributed by atoms with van der Waals surface area (Å²) in [6.07, 6.45) is 4.25. The molecular formula is C14H20N2O3. The van der Waals surface area contributed by atoms with E-state index in [2.05, 4.69) is 5.32 Å². The van der Waals surface area contributed by atoms with E-state index in [0.717, 1.165) is 25.7 Å². The van der Waals surface area contributed by atoms with Gasteiger partial charge < -0.3 is 21.3 Å². The Balaban J connectivity index is 2.05. The summed E-state index contributed by atoms with van der Waals surface area (Å²) < 4.78 is 0. The number of carbonyl (C=O) groups excluding carboxylic acids is 1. The van der Waals surface area contributed by atoms with Crippen LogP contribution in [0, 0.1) is 5.92 Å². The second-order valence-corrected chi connectivity index (χ2v) is 5.06. The topological polar surface area (TPSA) is 95.6 Å². The first-order chi connectivity index (χ1) is 9.11. The molecule has 1 saturated carbocycles. The van der Waals surface area contributed by atoms with Gasteiger partial charge in [-0.05, 0) is 43.5 Å². The van der Waals surface area contributed by atoms with Gasteiger partial charge in [0.05, 0.1) is 0 Å². The normalized spacial score (nSPS) is 23.0. The van der Waals surface area contributed by atoms with Gasteiger partial charge in [-0.15, -0.1) is 0 Å². The molecule has 5 N–H and O–H groups in total. The fraction of sp³-hybridized carbons (Fsp3) is 0.500. The lowest BCUT2D eigenvalue weighted by molar-refractivity contribution is 0.0907. The van der Waals surface area contributed by atoms with Crippen LogP contribution in [0.15, 0.2) is 18.2 Å². The highest BCUT2D eigenvalue weighted by Gasteiger charge is 2.25. The largest absolute Gasteiger partial charge is 0.504 e. The Bertz CT molecular complexity index is 462. The van der Waals surface area contributed by atoms with Crippen molar-refractivity contribution in [2.24, 2.45) is 11.7 Å². The van der Waals surface area contributed by atoms with Crippen LogP contribution in [0.2, 0.25) is 0 Å². The second kappa shape index (κ2) is 5.93. The molecule has 2 rings (SSSR count). The lowest BCUT2D eigenvalue weighted by Gasteiger charge is -2.31. The smallest absolute Gasteiger partial charge is 0.251 e. The van der Waals surface area contributed by atoms with E-state index in [0.29, 0.717) is 18.0 Å². The Kier molecular flexibility index (Phi) is 4.27. The Morgan fingerprint density at radius 3 is 2.68 bits per heavy atom. The summed E-state index contributed by atoms with van der Waals surface area (Å²) in [5, 5.41) is 21.6. The molecule has 0 saturated heterocycles. The van der Waals surface area contributed by atoms with Gasteiger partial charge in [-0.25, -0.2) is 0 Å². The Morgan fingerprint density at radius 1 is 1.26 bits per heavy atom. The van der Waals surface area contributed by atoms with E-state index in [1.807, 2.05) is 0 Å². The second-order valence-electron chi connectivity index (χ2n) is 5.06. The zero-order valence-electron chi connectivity index (χ0n) is 10.8. The first-order valence-corrected chi connectivity index (χ1v) is 6.64. The van der Waals surface area contributed by atoms with E-state index in [4.69, 9.17) is 5.73 Å². The van der Waals surface area contributed by atoms with Crippen LogP contribution in [-0.4, -0.2) is 28.7 Å². The van der Waals surface area contributed by atoms with Crippen LogP contribution in [0.4, 0.5) is 0 Å². The van der Waals surface area contributed by atoms with E-state index < -0.39 is 0 Å². The third-order valence-corrected chi connectivity index (χ3v) is 3.77. The van der Waals surface area contributed by atoms with Gasteiger partial charge >= 0.3 is 0 Å². The maximum absolute atomic E-state index is 12.1. The quantitative estimate of drug-likeness (QED) is 0.620. The number of benzene rings is 1. The highest BCUT2D eigenvalue weighted by molar-refractivity contribution is 5.95. The van der Waals surface area contributed by atoms with Crippen molar-refractivity contribution in [3.05, 3.63) is 23.8 Å². The number of nitrogens with one attached hydrogen (secondary N) is 1. The minimum atomic E-state index is -0.285. The molecule has 0 heterocycles. The first kappa shape index (κ1) is 13.7. The van der Waals surface area contributed by atoms with E-state index >= 15 is 0 Å². The number of carbonyl (C=O) groups is 1. The molecule has 0 spiro atoms. The van der Waals surface area contributed by atoms with Crippen LogP contribution in [-0.2, 0) is 0 Å². The number of amides is 1. The Hall–Kier alpha value is -1.75. The minimum absolute atomic E-state index is 0.0993. The zero-order valence-corrected chi connectivity index (χ0v) is 10.8. The molecule has 0 bridgehead atoms. The molecule has 5 nitrogen and oxygen atoms in total. The molecular weight excluding hydrogens is 244 g/mol. The van der Waals surface area contributed by atoms with Gasteiger partial charge in [0.25, 0.3) is 5.91 Å². The number of hydrogen-bond acceptors (Lipinski definition) is 4. The van der Waals surface area contributed by atoms with Gasteiger partial charge in [0.2, 0.25) is 0 Å². The van der Waals surface area contributed by atoms with Crippen LogP contribution in [0.25, 0.3) is 0 Å². The van der Waals surface area contributed by atoms with Crippen molar-refractivity contribution < 1.29 is 15.0 Å². The van der Waals surface area contributed by atoms with Crippen LogP contribution < -0.4 is 11.1 Å². The molecule has 2 atom stereocenters. The highest BCUT2D eigenvalue weighted by Crippen LogP contribution is 2.26. The van der Waals surface area contributed by atoms with Gasteiger partial charge in [-0.3, -0.25) is 4.79 Å². The number of aromatic hydroxyl groups is 2. The molecule has 1 aromatic carbocycles. The zero-order chi connectivity index (χ0) is 13.8. The lowest BCUT2D eigenvalue weighted by atomic mass is 9.84. The predicted molar refractivity (Wildman–Crippen MR) is 72.0 cm³/mol. The number of nitrogens with two attached hydrogens (primary N) is 1. The van der Waals surface area contributed by atoms with Gasteiger partial charge in [0, 0.05) is 11.6 Å². The average Bonchev–Trinajstić information content (AvgIpc) is 2.42. The lowest BCUT2D eigenvalue weighted by Crippen LogP contribution is -2.44. The first-order valence-electron chi connectivity index (χ1n) is 6.64. The van der Waals surface area contributed by atoms with Crippen molar-refractivity contribution in [3.8, 4) is 11.5 Å². The highest BCUT2D eigenvalue weighted by atomic mass is 16.3. The van der Waals surface area contributed by atoms with Crippen molar-refractivity contribution in [1.29, 1.82) is 0 Å². The van der Waals surface area contributed by atoms with Crippen LogP contribution in [0.5, 0.6) is 11.5 Å². The summed E-state index contributed by atoms with van der Waals surface area (Å²) in [6, 6.07) is 4.17. The molecule has 2 unspecified atom stereocenters. The Morgan fingerprint density at radius 2 is 2.00 bits per heavy atom. The van der Waals surface area contributed by atoms with Gasteiger partial charge in [0.15, 0.2) is 11.5 Å². The summed E-state index contributed by atoms with van der Waals surface area (Å²) in [5.41, 5.74) is 6.07. The predicted octanol–water partition coefficient (Wildman–Crippen LogP) is 1.35. The summed E-state index contributed by atoms with van der Waals surface area (Å²) in [5.74, 6) is -0.426. The minimum Gasteiger partial charge on any atom is -0.504 e. The number of hydrogen-bond donors (Lipinski definition) is 4. The molecule has 0 radical (unpaired) electrons. The summed E-state index contributed by atoms with van der Waals surface area (Å²) >= 11 is 0. The molecule has 104 valence electrons. The van der Waals surface area contributed by atoms with E-state index in [9.17, 15) is 15.0 Å². The molecule has 0 aliphatic heterocycles. The average molecular weight is 264 g/mol. The van der Waals surface area contributed by atoms with Gasteiger partial charge in [-0.1, -0.05) is 12.8 Å². The summed E-state index contributed by atoms with van der Waals surface area (Å²) in [4.78, 5) is 12.1. The Labute approximate surface area is 112 Å². The van der Waals surface area contributed by atoms with E-state index in [1.54, 1.807) is 0 Å². The van der Waals surface area contributed by atoms with Crippen molar-refractivity contribution in [1.82, 2.24) is 5.32 Å². The number of phenols is 2. The summed E-state index contributed by atoms with van der Waals surface area (Å²) in [7, 11) is 0. The monoisotopic (exact) mass is 264 g/mol. The molecule has 0 aromatic heterocycles. The van der Waals surface area contributed by atoms with Crippen molar-refractivity contribution in [2.75, 3.05) is 6.54 Å². The van der Waals surface area contributed by atoms with Crippen LogP contribution >= 0.6 is 0 Å². The van der Waals surface area contributed by atoms with Crippen molar-refractivity contribution in [3.63, 3.8) is 0 Å². The maximum Gasteiger partial charge on any atom is 0.251 e. The standard InChI is InChI=1S/C14H20N2O3/c15-8-10-3-1-2-4-11(10)16-14(19)9-5-6-12(17)13(18)7-9/h5-7,10-11,17-18H,1-4,8,15H2,(H,16,19). The number of rotatable bonds is 3. The molecule has 1 aromatic rings. The fourth-order valence-corrected chi connectivity index (χ4v) is 2.60. The van der Waals surface area contributed by atoms with Crippen molar-refractivity contribution in [2.45, 2.75) is 31.7 Å². The van der Waals surface area contributed by atoms with Gasteiger partial charge in [0.1, 0.15) is 0 Å². The number of phenolic OH excluding ortho intramolecular Hbond substituents is 2. The van der Waals surface area contributed by atoms with E-state index in [1.165, 1.54) is 18.2 Å². The van der Waals surface area contributed by atoms with Crippen molar-refractivity contribution >= 4 is 5.91 Å². The fourth-order valence-electron chi connectivity index (χ4n) is 2.60. The third-order valence-electron chi connectivity index (χ3n) is 3.77. The van der Waals surface area contributed by atoms with E-state index in [-0.39, 0.29) is 23.4 Å². The molecule has 1 fully saturated rings. The van der Waals surface area contributed by atoms with Crippen LogP contribution in [0.3, 0.4) is 0 Å². The molecule has 19 heavy (non-hydrogen) atoms. The third kappa shape index (κ3) is 3.17. The van der Waals surface area contributed by atoms with Crippen LogP contribution in [0.1, 0.15) is 36.0 Å². The summed E-state index contributed by atoms with van der Waals surface area (Å²) in [6.45, 7) is 0.575. The molecule has 1 aliphatic carbocycles. The molecule has 1 amide bonds. The van der Waals surface area contributed by atoms with Gasteiger partial charge in [-0.2, -0.15) is 0 Å². The molecule has 5 heteroatoms. The maximum atomic E-state index is 12.1.